The molecule has 1 fully saturated rings. The van der Waals surface area contributed by atoms with Gasteiger partial charge < -0.3 is 5.32 Å². The van der Waals surface area contributed by atoms with Crippen LogP contribution in [0.5, 0.6) is 0 Å². The van der Waals surface area contributed by atoms with Crippen LogP contribution in [0.1, 0.15) is 84.0 Å². The molecule has 0 saturated heterocycles. The average Bonchev–Trinajstić information content (AvgIpc) is 2.90. The van der Waals surface area contributed by atoms with E-state index in [4.69, 9.17) is 0 Å². The highest BCUT2D eigenvalue weighted by Crippen LogP contribution is 2.39. The van der Waals surface area contributed by atoms with Crippen LogP contribution in [0.25, 0.3) is 0 Å². The Hall–Kier alpha value is 0.310. The Morgan fingerprint density at radius 2 is 1.47 bits per heavy atom. The summed E-state index contributed by atoms with van der Waals surface area (Å²) in [5.41, 5.74) is 0. The summed E-state index contributed by atoms with van der Waals surface area (Å²) in [6, 6.07) is 0. The largest absolute Gasteiger partial charge is 0.315 e. The van der Waals surface area contributed by atoms with Gasteiger partial charge >= 0.3 is 0 Å². The Balaban J connectivity index is 1.85. The molecule has 0 aromatic carbocycles. The number of thioether (sulfide) groups is 1. The molecule has 0 aliphatic heterocycles. The van der Waals surface area contributed by atoms with Crippen LogP contribution >= 0.6 is 11.8 Å². The van der Waals surface area contributed by atoms with Crippen molar-refractivity contribution in [2.24, 2.45) is 0 Å². The van der Waals surface area contributed by atoms with Crippen LogP contribution in [0.4, 0.5) is 0 Å². The van der Waals surface area contributed by atoms with E-state index >= 15 is 0 Å². The van der Waals surface area contributed by atoms with Crippen molar-refractivity contribution in [3.8, 4) is 0 Å². The van der Waals surface area contributed by atoms with Crippen molar-refractivity contribution in [3.05, 3.63) is 0 Å². The van der Waals surface area contributed by atoms with Gasteiger partial charge in [-0.1, -0.05) is 64.7 Å². The van der Waals surface area contributed by atoms with Crippen molar-refractivity contribution in [1.29, 1.82) is 0 Å². The third-order valence-corrected chi connectivity index (χ3v) is 6.02. The second-order valence-corrected chi connectivity index (χ2v) is 7.52. The highest BCUT2D eigenvalue weighted by molar-refractivity contribution is 8.00. The maximum absolute atomic E-state index is 3.71. The van der Waals surface area contributed by atoms with E-state index in [1.807, 2.05) is 0 Å². The fourth-order valence-corrected chi connectivity index (χ4v) is 4.12. The zero-order valence-corrected chi connectivity index (χ0v) is 14.1. The minimum absolute atomic E-state index is 0.583. The van der Waals surface area contributed by atoms with Crippen molar-refractivity contribution >= 4 is 11.8 Å². The molecule has 19 heavy (non-hydrogen) atoms. The van der Waals surface area contributed by atoms with Gasteiger partial charge in [0, 0.05) is 11.3 Å². The predicted molar refractivity (Wildman–Crippen MR) is 90.2 cm³/mol. The number of nitrogens with one attached hydrogen (secondary N) is 1. The van der Waals surface area contributed by atoms with E-state index in [-0.39, 0.29) is 0 Å². The highest BCUT2D eigenvalue weighted by atomic mass is 32.2. The van der Waals surface area contributed by atoms with Crippen molar-refractivity contribution in [3.63, 3.8) is 0 Å². The van der Waals surface area contributed by atoms with Crippen LogP contribution in [-0.2, 0) is 0 Å². The molecule has 0 radical (unpaired) electrons. The van der Waals surface area contributed by atoms with Gasteiger partial charge in [0.25, 0.3) is 0 Å². The lowest BCUT2D eigenvalue weighted by molar-refractivity contribution is 0.509. The maximum Gasteiger partial charge on any atom is 0.0281 e. The third-order valence-electron chi connectivity index (χ3n) is 4.60. The van der Waals surface area contributed by atoms with Gasteiger partial charge in [-0.2, -0.15) is 11.8 Å². The lowest BCUT2D eigenvalue weighted by atomic mass is 10.1. The Kier molecular flexibility index (Phi) is 10.1. The Morgan fingerprint density at radius 1 is 0.895 bits per heavy atom. The van der Waals surface area contributed by atoms with E-state index in [1.165, 1.54) is 90.1 Å². The lowest BCUT2D eigenvalue weighted by Crippen LogP contribution is -2.35. The van der Waals surface area contributed by atoms with Gasteiger partial charge in [0.05, 0.1) is 0 Å². The van der Waals surface area contributed by atoms with Gasteiger partial charge in [0.1, 0.15) is 0 Å². The molecule has 114 valence electrons. The van der Waals surface area contributed by atoms with E-state index in [9.17, 15) is 0 Å². The molecule has 1 aliphatic rings. The normalized spacial score (nSPS) is 18.0. The van der Waals surface area contributed by atoms with Crippen LogP contribution in [0.2, 0.25) is 0 Å². The summed E-state index contributed by atoms with van der Waals surface area (Å²) in [5.74, 6) is 0. The smallest absolute Gasteiger partial charge is 0.0281 e. The molecule has 1 rings (SSSR count). The van der Waals surface area contributed by atoms with E-state index < -0.39 is 0 Å². The summed E-state index contributed by atoms with van der Waals surface area (Å²) >= 11 is 2.10. The summed E-state index contributed by atoms with van der Waals surface area (Å²) < 4.78 is 0.583. The zero-order chi connectivity index (χ0) is 13.8. The van der Waals surface area contributed by atoms with E-state index in [0.717, 1.165) is 0 Å². The molecule has 0 aromatic heterocycles. The predicted octanol–water partition coefficient (Wildman–Crippen LogP) is 5.39. The lowest BCUT2D eigenvalue weighted by Gasteiger charge is -2.27. The standard InChI is InChI=1S/C17H35NS/c1-3-4-5-6-7-8-9-12-15-18-16-17(19-2)13-10-11-14-17/h18H,3-16H2,1-2H3. The zero-order valence-electron chi connectivity index (χ0n) is 13.3. The molecule has 0 aromatic rings. The number of hydrogen-bond donors (Lipinski definition) is 1. The van der Waals surface area contributed by atoms with Crippen LogP contribution in [-0.4, -0.2) is 24.1 Å². The molecule has 1 saturated carbocycles. The fraction of sp³-hybridized carbons (Fsp3) is 1.00. The fourth-order valence-electron chi connectivity index (χ4n) is 3.17. The quantitative estimate of drug-likeness (QED) is 0.482. The Bertz CT molecular complexity index is 199. The highest BCUT2D eigenvalue weighted by Gasteiger charge is 2.32. The van der Waals surface area contributed by atoms with Gasteiger partial charge in [0.15, 0.2) is 0 Å². The number of rotatable bonds is 12. The minimum atomic E-state index is 0.583. The first kappa shape index (κ1) is 17.4. The minimum Gasteiger partial charge on any atom is -0.315 e. The van der Waals surface area contributed by atoms with Crippen molar-refractivity contribution in [2.75, 3.05) is 19.3 Å². The van der Waals surface area contributed by atoms with Crippen LogP contribution in [0.3, 0.4) is 0 Å². The number of unbranched alkanes of at least 4 members (excludes halogenated alkanes) is 7. The van der Waals surface area contributed by atoms with Crippen LogP contribution < -0.4 is 5.32 Å². The molecular formula is C17H35NS. The van der Waals surface area contributed by atoms with E-state index in [2.05, 4.69) is 30.3 Å². The summed E-state index contributed by atoms with van der Waals surface area (Å²) in [7, 11) is 0. The molecule has 1 nitrogen and oxygen atoms in total. The summed E-state index contributed by atoms with van der Waals surface area (Å²) in [5, 5.41) is 3.71. The van der Waals surface area contributed by atoms with Gasteiger partial charge in [0.2, 0.25) is 0 Å². The van der Waals surface area contributed by atoms with E-state index in [1.54, 1.807) is 0 Å². The SMILES string of the molecule is CCCCCCCCCCNCC1(SC)CCCC1. The molecular weight excluding hydrogens is 250 g/mol. The molecule has 0 heterocycles. The Labute approximate surface area is 125 Å². The summed E-state index contributed by atoms with van der Waals surface area (Å²) in [6.45, 7) is 4.76. The van der Waals surface area contributed by atoms with Crippen LogP contribution in [0.15, 0.2) is 0 Å². The summed E-state index contributed by atoms with van der Waals surface area (Å²) in [4.78, 5) is 0. The first-order chi connectivity index (χ1) is 9.33. The van der Waals surface area contributed by atoms with Crippen molar-refractivity contribution in [2.45, 2.75) is 88.7 Å². The second-order valence-electron chi connectivity index (χ2n) is 6.25. The van der Waals surface area contributed by atoms with Gasteiger partial charge in [-0.25, -0.2) is 0 Å². The van der Waals surface area contributed by atoms with Gasteiger partial charge in [-0.05, 0) is 32.1 Å². The molecule has 0 atom stereocenters. The first-order valence-corrected chi connectivity index (χ1v) is 9.81. The van der Waals surface area contributed by atoms with Gasteiger partial charge in [-0.3, -0.25) is 0 Å². The van der Waals surface area contributed by atoms with Gasteiger partial charge in [-0.15, -0.1) is 0 Å². The Morgan fingerprint density at radius 3 is 2.05 bits per heavy atom. The number of hydrogen-bond acceptors (Lipinski definition) is 2. The summed E-state index contributed by atoms with van der Waals surface area (Å²) in [6.07, 6.45) is 19.4. The molecule has 1 aliphatic carbocycles. The van der Waals surface area contributed by atoms with E-state index in [0.29, 0.717) is 4.75 Å². The monoisotopic (exact) mass is 285 g/mol. The molecule has 0 spiro atoms. The average molecular weight is 286 g/mol. The molecule has 0 unspecified atom stereocenters. The molecule has 1 N–H and O–H groups in total. The second kappa shape index (κ2) is 11.0. The van der Waals surface area contributed by atoms with Crippen molar-refractivity contribution in [1.82, 2.24) is 5.32 Å². The topological polar surface area (TPSA) is 12.0 Å². The maximum atomic E-state index is 3.71. The molecule has 0 amide bonds. The third kappa shape index (κ3) is 7.60. The molecule has 0 bridgehead atoms. The van der Waals surface area contributed by atoms with Crippen LogP contribution in [0, 0.1) is 0 Å². The first-order valence-electron chi connectivity index (χ1n) is 8.59. The van der Waals surface area contributed by atoms with Crippen molar-refractivity contribution < 1.29 is 0 Å². The molecule has 2 heteroatoms.